The molecule has 0 amide bonds. The number of rotatable bonds is 3. The molecule has 132 valence electrons. The maximum absolute atomic E-state index is 5.97. The highest BCUT2D eigenvalue weighted by Crippen LogP contribution is 2.38. The number of nitrogens with zero attached hydrogens (tertiary/aromatic N) is 5. The second-order valence-electron chi connectivity index (χ2n) is 6.32. The maximum Gasteiger partial charge on any atom is 0.214 e. The summed E-state index contributed by atoms with van der Waals surface area (Å²) in [5.41, 5.74) is 1.97. The van der Waals surface area contributed by atoms with Gasteiger partial charge >= 0.3 is 0 Å². The SMILES string of the molecule is Clc1ccc(-c2cn3nc(N4CCCCC4c4nccs4)sc3n2)cc1. The summed E-state index contributed by atoms with van der Waals surface area (Å²) in [4.78, 5) is 12.6. The molecule has 5 rings (SSSR count). The average Bonchev–Trinajstić information content (AvgIpc) is 3.38. The van der Waals surface area contributed by atoms with Crippen LogP contribution in [0.3, 0.4) is 0 Å². The molecule has 1 saturated heterocycles. The quantitative estimate of drug-likeness (QED) is 0.467. The Morgan fingerprint density at radius 1 is 1.15 bits per heavy atom. The number of piperidine rings is 1. The lowest BCUT2D eigenvalue weighted by Crippen LogP contribution is -2.33. The fraction of sp³-hybridized carbons (Fsp3) is 0.278. The number of aromatic nitrogens is 4. The van der Waals surface area contributed by atoms with E-state index in [1.165, 1.54) is 17.8 Å². The van der Waals surface area contributed by atoms with Crippen LogP contribution in [0.2, 0.25) is 5.02 Å². The van der Waals surface area contributed by atoms with Gasteiger partial charge < -0.3 is 4.90 Å². The monoisotopic (exact) mass is 401 g/mol. The molecular weight excluding hydrogens is 386 g/mol. The van der Waals surface area contributed by atoms with Gasteiger partial charge in [0.05, 0.1) is 17.9 Å². The van der Waals surface area contributed by atoms with Crippen LogP contribution in [0.4, 0.5) is 5.13 Å². The van der Waals surface area contributed by atoms with Crippen LogP contribution in [0.15, 0.2) is 42.0 Å². The minimum atomic E-state index is 0.329. The second kappa shape index (κ2) is 6.64. The Morgan fingerprint density at radius 3 is 2.81 bits per heavy atom. The molecule has 8 heteroatoms. The number of halogens is 1. The topological polar surface area (TPSA) is 46.3 Å². The van der Waals surface area contributed by atoms with Gasteiger partial charge in [0.15, 0.2) is 0 Å². The molecule has 26 heavy (non-hydrogen) atoms. The zero-order chi connectivity index (χ0) is 17.5. The summed E-state index contributed by atoms with van der Waals surface area (Å²) < 4.78 is 1.89. The van der Waals surface area contributed by atoms with Gasteiger partial charge in [0, 0.05) is 28.7 Å². The molecular formula is C18H16ClN5S2. The van der Waals surface area contributed by atoms with Crippen LogP contribution in [0.25, 0.3) is 16.2 Å². The molecule has 5 nitrogen and oxygen atoms in total. The largest absolute Gasteiger partial charge is 0.337 e. The van der Waals surface area contributed by atoms with E-state index in [1.54, 1.807) is 22.7 Å². The zero-order valence-electron chi connectivity index (χ0n) is 13.9. The summed E-state index contributed by atoms with van der Waals surface area (Å²) in [6.45, 7) is 1.02. The Hall–Kier alpha value is -1.96. The third-order valence-electron chi connectivity index (χ3n) is 4.66. The van der Waals surface area contributed by atoms with Crippen molar-refractivity contribution in [2.24, 2.45) is 0 Å². The van der Waals surface area contributed by atoms with Gasteiger partial charge in [-0.1, -0.05) is 35.1 Å². The predicted molar refractivity (Wildman–Crippen MR) is 107 cm³/mol. The molecule has 0 radical (unpaired) electrons. The van der Waals surface area contributed by atoms with E-state index >= 15 is 0 Å². The summed E-state index contributed by atoms with van der Waals surface area (Å²) in [7, 11) is 0. The lowest BCUT2D eigenvalue weighted by molar-refractivity contribution is 0.469. The van der Waals surface area contributed by atoms with Crippen molar-refractivity contribution >= 4 is 44.4 Å². The van der Waals surface area contributed by atoms with Gasteiger partial charge in [-0.15, -0.1) is 16.4 Å². The van der Waals surface area contributed by atoms with Crippen molar-refractivity contribution in [2.75, 3.05) is 11.4 Å². The van der Waals surface area contributed by atoms with Gasteiger partial charge in [-0.3, -0.25) is 0 Å². The average molecular weight is 402 g/mol. The molecule has 0 saturated carbocycles. The summed E-state index contributed by atoms with van der Waals surface area (Å²) in [5.74, 6) is 0. The van der Waals surface area contributed by atoms with Crippen molar-refractivity contribution < 1.29 is 0 Å². The van der Waals surface area contributed by atoms with E-state index < -0.39 is 0 Å². The fourth-order valence-corrected chi connectivity index (χ4v) is 5.25. The third-order valence-corrected chi connectivity index (χ3v) is 6.75. The van der Waals surface area contributed by atoms with Crippen LogP contribution in [-0.2, 0) is 0 Å². The van der Waals surface area contributed by atoms with Crippen molar-refractivity contribution in [1.82, 2.24) is 19.6 Å². The Bertz CT molecular complexity index is 990. The van der Waals surface area contributed by atoms with E-state index in [9.17, 15) is 0 Å². The van der Waals surface area contributed by atoms with Gasteiger partial charge in [0.25, 0.3) is 0 Å². The first kappa shape index (κ1) is 16.2. The van der Waals surface area contributed by atoms with Gasteiger partial charge in [-0.05, 0) is 31.4 Å². The number of thiazole rings is 1. The first-order valence-electron chi connectivity index (χ1n) is 8.56. The molecule has 0 N–H and O–H groups in total. The molecule has 0 spiro atoms. The minimum absolute atomic E-state index is 0.329. The molecule has 1 fully saturated rings. The van der Waals surface area contributed by atoms with Crippen LogP contribution < -0.4 is 4.90 Å². The molecule has 4 heterocycles. The van der Waals surface area contributed by atoms with E-state index in [2.05, 4.69) is 15.3 Å². The molecule has 0 bridgehead atoms. The van der Waals surface area contributed by atoms with Crippen LogP contribution in [-0.4, -0.2) is 26.1 Å². The maximum atomic E-state index is 5.97. The van der Waals surface area contributed by atoms with Crippen LogP contribution in [0.1, 0.15) is 30.3 Å². The van der Waals surface area contributed by atoms with E-state index in [0.29, 0.717) is 6.04 Å². The summed E-state index contributed by atoms with van der Waals surface area (Å²) in [6, 6.07) is 8.07. The highest BCUT2D eigenvalue weighted by atomic mass is 35.5. The standard InChI is InChI=1S/C18H16ClN5S2/c19-13-6-4-12(5-7-13)14-11-24-17(21-14)26-18(22-24)23-9-2-1-3-15(23)16-20-8-10-25-16/h4-8,10-11,15H,1-3,9H2. The molecule has 1 aliphatic rings. The Balaban J connectivity index is 1.47. The fourth-order valence-electron chi connectivity index (χ4n) is 3.38. The number of hydrogen-bond acceptors (Lipinski definition) is 6. The number of anilines is 1. The van der Waals surface area contributed by atoms with Crippen molar-refractivity contribution in [3.8, 4) is 11.3 Å². The lowest BCUT2D eigenvalue weighted by atomic mass is 10.0. The number of hydrogen-bond donors (Lipinski definition) is 0. The van der Waals surface area contributed by atoms with Crippen molar-refractivity contribution in [2.45, 2.75) is 25.3 Å². The summed E-state index contributed by atoms with van der Waals surface area (Å²) in [6.07, 6.45) is 7.44. The van der Waals surface area contributed by atoms with Crippen molar-refractivity contribution in [1.29, 1.82) is 0 Å². The molecule has 3 aromatic heterocycles. The highest BCUT2D eigenvalue weighted by molar-refractivity contribution is 7.20. The van der Waals surface area contributed by atoms with E-state index in [1.807, 2.05) is 41.2 Å². The molecule has 1 atom stereocenters. The Morgan fingerprint density at radius 2 is 2.04 bits per heavy atom. The summed E-state index contributed by atoms with van der Waals surface area (Å²) >= 11 is 9.34. The summed E-state index contributed by atoms with van der Waals surface area (Å²) in [5, 5.41) is 9.79. The zero-order valence-corrected chi connectivity index (χ0v) is 16.3. The normalized spacial score (nSPS) is 17.9. The van der Waals surface area contributed by atoms with E-state index in [0.717, 1.165) is 39.3 Å². The predicted octanol–water partition coefficient (Wildman–Crippen LogP) is 5.30. The third kappa shape index (κ3) is 2.90. The molecule has 1 aromatic carbocycles. The van der Waals surface area contributed by atoms with Gasteiger partial charge in [0.2, 0.25) is 10.1 Å². The number of imidazole rings is 1. The Labute approximate surface area is 163 Å². The lowest BCUT2D eigenvalue weighted by Gasteiger charge is -2.33. The Kier molecular flexibility index (Phi) is 4.15. The van der Waals surface area contributed by atoms with E-state index in [-0.39, 0.29) is 0 Å². The molecule has 0 aliphatic carbocycles. The first-order valence-corrected chi connectivity index (χ1v) is 10.6. The van der Waals surface area contributed by atoms with Gasteiger partial charge in [-0.25, -0.2) is 14.5 Å². The van der Waals surface area contributed by atoms with Gasteiger partial charge in [-0.2, -0.15) is 0 Å². The van der Waals surface area contributed by atoms with Crippen molar-refractivity contribution in [3.05, 3.63) is 52.1 Å². The molecule has 1 aliphatic heterocycles. The van der Waals surface area contributed by atoms with Crippen LogP contribution in [0.5, 0.6) is 0 Å². The smallest absolute Gasteiger partial charge is 0.214 e. The molecule has 4 aromatic rings. The molecule has 1 unspecified atom stereocenters. The number of fused-ring (bicyclic) bond motifs is 1. The van der Waals surface area contributed by atoms with Crippen molar-refractivity contribution in [3.63, 3.8) is 0 Å². The number of benzene rings is 1. The first-order chi connectivity index (χ1) is 12.8. The second-order valence-corrected chi connectivity index (χ2v) is 8.62. The van der Waals surface area contributed by atoms with E-state index in [4.69, 9.17) is 21.7 Å². The van der Waals surface area contributed by atoms with Gasteiger partial charge in [0.1, 0.15) is 5.01 Å². The minimum Gasteiger partial charge on any atom is -0.337 e. The van der Waals surface area contributed by atoms with Crippen LogP contribution >= 0.6 is 34.3 Å². The van der Waals surface area contributed by atoms with Crippen LogP contribution in [0, 0.1) is 0 Å². The highest BCUT2D eigenvalue weighted by Gasteiger charge is 2.28.